The highest BCUT2D eigenvalue weighted by Crippen LogP contribution is 2.23. The normalized spacial score (nSPS) is 12.6. The fourth-order valence-electron chi connectivity index (χ4n) is 1.47. The molecule has 0 fully saturated rings. The first-order valence-corrected chi connectivity index (χ1v) is 6.24. The SMILES string of the molecule is CCC(Br)c1cn(Cc2cncc(F)c2)nn1. The number of alkyl halides is 1. The van der Waals surface area contributed by atoms with Gasteiger partial charge in [-0.2, -0.15) is 0 Å². The van der Waals surface area contributed by atoms with Crippen molar-refractivity contribution in [1.29, 1.82) is 0 Å². The first-order chi connectivity index (χ1) is 8.19. The van der Waals surface area contributed by atoms with Crippen LogP contribution in [-0.4, -0.2) is 20.0 Å². The van der Waals surface area contributed by atoms with Crippen molar-refractivity contribution in [3.8, 4) is 0 Å². The maximum absolute atomic E-state index is 12.9. The van der Waals surface area contributed by atoms with E-state index in [1.807, 2.05) is 6.20 Å². The third kappa shape index (κ3) is 3.09. The third-order valence-corrected chi connectivity index (χ3v) is 3.46. The van der Waals surface area contributed by atoms with E-state index in [-0.39, 0.29) is 10.6 Å². The second kappa shape index (κ2) is 5.35. The Morgan fingerprint density at radius 3 is 3.00 bits per heavy atom. The lowest BCUT2D eigenvalue weighted by Gasteiger charge is -2.01. The number of rotatable bonds is 4. The average Bonchev–Trinajstić information content (AvgIpc) is 2.76. The van der Waals surface area contributed by atoms with Crippen molar-refractivity contribution in [2.45, 2.75) is 24.7 Å². The predicted octanol–water partition coefficient (Wildman–Crippen LogP) is 2.71. The number of hydrogen-bond donors (Lipinski definition) is 0. The molecule has 2 aromatic rings. The molecule has 0 radical (unpaired) electrons. The smallest absolute Gasteiger partial charge is 0.141 e. The second-order valence-electron chi connectivity index (χ2n) is 3.73. The van der Waals surface area contributed by atoms with Gasteiger partial charge >= 0.3 is 0 Å². The van der Waals surface area contributed by atoms with Gasteiger partial charge in [0.1, 0.15) is 5.82 Å². The zero-order valence-corrected chi connectivity index (χ0v) is 10.9. The van der Waals surface area contributed by atoms with Gasteiger partial charge in [0.2, 0.25) is 0 Å². The molecule has 4 nitrogen and oxygen atoms in total. The third-order valence-electron chi connectivity index (χ3n) is 2.34. The maximum Gasteiger partial charge on any atom is 0.141 e. The Morgan fingerprint density at radius 2 is 2.29 bits per heavy atom. The summed E-state index contributed by atoms with van der Waals surface area (Å²) in [7, 11) is 0. The summed E-state index contributed by atoms with van der Waals surface area (Å²) >= 11 is 3.51. The van der Waals surface area contributed by atoms with E-state index < -0.39 is 0 Å². The van der Waals surface area contributed by atoms with Crippen LogP contribution in [0.4, 0.5) is 4.39 Å². The molecule has 0 aliphatic rings. The van der Waals surface area contributed by atoms with E-state index in [0.29, 0.717) is 6.54 Å². The first-order valence-electron chi connectivity index (χ1n) is 5.32. The van der Waals surface area contributed by atoms with E-state index in [1.54, 1.807) is 10.9 Å². The Balaban J connectivity index is 2.11. The molecule has 17 heavy (non-hydrogen) atoms. The molecular formula is C11H12BrFN4. The van der Waals surface area contributed by atoms with E-state index in [0.717, 1.165) is 17.7 Å². The summed E-state index contributed by atoms with van der Waals surface area (Å²) in [4.78, 5) is 4.00. The minimum Gasteiger partial charge on any atom is -0.261 e. The van der Waals surface area contributed by atoms with Crippen LogP contribution in [0.2, 0.25) is 0 Å². The monoisotopic (exact) mass is 298 g/mol. The van der Waals surface area contributed by atoms with Gasteiger partial charge in [-0.3, -0.25) is 4.98 Å². The Bertz CT molecular complexity index is 500. The highest BCUT2D eigenvalue weighted by atomic mass is 79.9. The largest absolute Gasteiger partial charge is 0.261 e. The molecule has 0 spiro atoms. The molecule has 90 valence electrons. The Kier molecular flexibility index (Phi) is 3.83. The molecule has 2 aromatic heterocycles. The minimum absolute atomic E-state index is 0.210. The van der Waals surface area contributed by atoms with Crippen molar-refractivity contribution >= 4 is 15.9 Å². The van der Waals surface area contributed by atoms with Crippen LogP contribution in [-0.2, 0) is 6.54 Å². The van der Waals surface area contributed by atoms with Gasteiger partial charge in [-0.05, 0) is 18.1 Å². The van der Waals surface area contributed by atoms with Gasteiger partial charge in [0, 0.05) is 12.4 Å². The molecule has 0 amide bonds. The molecule has 0 aliphatic carbocycles. The van der Waals surface area contributed by atoms with E-state index in [2.05, 4.69) is 38.1 Å². The van der Waals surface area contributed by atoms with Gasteiger partial charge in [0.25, 0.3) is 0 Å². The molecule has 6 heteroatoms. The Hall–Kier alpha value is -1.30. The molecule has 0 N–H and O–H groups in total. The average molecular weight is 299 g/mol. The molecule has 0 aromatic carbocycles. The van der Waals surface area contributed by atoms with Crippen LogP contribution >= 0.6 is 15.9 Å². The van der Waals surface area contributed by atoms with Crippen molar-refractivity contribution in [1.82, 2.24) is 20.0 Å². The standard InChI is InChI=1S/C11H12BrFN4/c1-2-10(12)11-7-17(16-15-11)6-8-3-9(13)5-14-4-8/h3-5,7,10H,2,6H2,1H3. The first kappa shape index (κ1) is 12.2. The topological polar surface area (TPSA) is 43.6 Å². The molecule has 2 heterocycles. The minimum atomic E-state index is -0.338. The lowest BCUT2D eigenvalue weighted by atomic mass is 10.2. The van der Waals surface area contributed by atoms with Gasteiger partial charge in [-0.1, -0.05) is 28.1 Å². The maximum atomic E-state index is 12.9. The van der Waals surface area contributed by atoms with Crippen LogP contribution in [0.5, 0.6) is 0 Å². The number of aromatic nitrogens is 4. The van der Waals surface area contributed by atoms with Gasteiger partial charge in [0.05, 0.1) is 23.3 Å². The number of pyridine rings is 1. The Morgan fingerprint density at radius 1 is 1.47 bits per heavy atom. The van der Waals surface area contributed by atoms with E-state index in [9.17, 15) is 4.39 Å². The molecule has 1 unspecified atom stereocenters. The van der Waals surface area contributed by atoms with Crippen molar-refractivity contribution in [2.75, 3.05) is 0 Å². The van der Waals surface area contributed by atoms with E-state index in [4.69, 9.17) is 0 Å². The zero-order valence-electron chi connectivity index (χ0n) is 9.35. The number of nitrogens with zero attached hydrogens (tertiary/aromatic N) is 4. The fraction of sp³-hybridized carbons (Fsp3) is 0.364. The molecule has 2 rings (SSSR count). The van der Waals surface area contributed by atoms with Crippen LogP contribution in [0.15, 0.2) is 24.7 Å². The van der Waals surface area contributed by atoms with Crippen molar-refractivity contribution in [3.63, 3.8) is 0 Å². The van der Waals surface area contributed by atoms with Crippen molar-refractivity contribution in [3.05, 3.63) is 41.7 Å². The van der Waals surface area contributed by atoms with Crippen LogP contribution in [0.1, 0.15) is 29.4 Å². The molecule has 0 saturated carbocycles. The molecule has 0 aliphatic heterocycles. The van der Waals surface area contributed by atoms with Gasteiger partial charge in [0.15, 0.2) is 0 Å². The lowest BCUT2D eigenvalue weighted by Crippen LogP contribution is -2.01. The molecule has 1 atom stereocenters. The van der Waals surface area contributed by atoms with Crippen LogP contribution in [0, 0.1) is 5.82 Å². The summed E-state index contributed by atoms with van der Waals surface area (Å²) in [5.74, 6) is -0.338. The summed E-state index contributed by atoms with van der Waals surface area (Å²) in [6.45, 7) is 2.54. The highest BCUT2D eigenvalue weighted by Gasteiger charge is 2.09. The van der Waals surface area contributed by atoms with Gasteiger partial charge in [-0.15, -0.1) is 5.10 Å². The summed E-state index contributed by atoms with van der Waals surface area (Å²) in [5, 5.41) is 8.05. The summed E-state index contributed by atoms with van der Waals surface area (Å²) in [5.41, 5.74) is 1.65. The summed E-state index contributed by atoms with van der Waals surface area (Å²) in [6, 6.07) is 1.44. The summed E-state index contributed by atoms with van der Waals surface area (Å²) < 4.78 is 14.6. The van der Waals surface area contributed by atoms with Crippen LogP contribution < -0.4 is 0 Å². The fourth-order valence-corrected chi connectivity index (χ4v) is 1.68. The molecule has 0 bridgehead atoms. The summed E-state index contributed by atoms with van der Waals surface area (Å²) in [6.07, 6.45) is 5.60. The van der Waals surface area contributed by atoms with Gasteiger partial charge < -0.3 is 0 Å². The Labute approximate surface area is 107 Å². The predicted molar refractivity (Wildman–Crippen MR) is 65.3 cm³/mol. The quantitative estimate of drug-likeness (QED) is 0.815. The second-order valence-corrected chi connectivity index (χ2v) is 4.83. The van der Waals surface area contributed by atoms with Crippen molar-refractivity contribution < 1.29 is 4.39 Å². The zero-order chi connectivity index (χ0) is 12.3. The highest BCUT2D eigenvalue weighted by molar-refractivity contribution is 9.09. The molecular weight excluding hydrogens is 287 g/mol. The number of halogens is 2. The van der Waals surface area contributed by atoms with Gasteiger partial charge in [-0.25, -0.2) is 9.07 Å². The van der Waals surface area contributed by atoms with Crippen LogP contribution in [0.3, 0.4) is 0 Å². The van der Waals surface area contributed by atoms with Crippen LogP contribution in [0.25, 0.3) is 0 Å². The van der Waals surface area contributed by atoms with E-state index in [1.165, 1.54) is 12.3 Å². The van der Waals surface area contributed by atoms with Crippen molar-refractivity contribution in [2.24, 2.45) is 0 Å². The van der Waals surface area contributed by atoms with E-state index >= 15 is 0 Å². The lowest BCUT2D eigenvalue weighted by molar-refractivity contribution is 0.607. The molecule has 0 saturated heterocycles. The number of hydrogen-bond acceptors (Lipinski definition) is 3.